The van der Waals surface area contributed by atoms with Crippen LogP contribution < -0.4 is 0 Å². The third kappa shape index (κ3) is 3.25. The van der Waals surface area contributed by atoms with Crippen LogP contribution in [0.3, 0.4) is 0 Å². The van der Waals surface area contributed by atoms with Gasteiger partial charge in [0.2, 0.25) is 0 Å². The molecule has 0 N–H and O–H groups in total. The van der Waals surface area contributed by atoms with E-state index in [9.17, 15) is 0 Å². The van der Waals surface area contributed by atoms with Gasteiger partial charge in [0.15, 0.2) is 0 Å². The van der Waals surface area contributed by atoms with Gasteiger partial charge in [-0.05, 0) is 44.1 Å². The molecule has 2 rings (SSSR count). The Hall–Kier alpha value is -0.500. The van der Waals surface area contributed by atoms with E-state index in [4.69, 9.17) is 11.6 Å². The van der Waals surface area contributed by atoms with Crippen LogP contribution in [0.15, 0.2) is 6.07 Å². The summed E-state index contributed by atoms with van der Waals surface area (Å²) in [4.78, 5) is 0. The monoisotopic (exact) mass is 254 g/mol. The van der Waals surface area contributed by atoms with E-state index in [1.54, 1.807) is 0 Å². The summed E-state index contributed by atoms with van der Waals surface area (Å²) >= 11 is 6.50. The van der Waals surface area contributed by atoms with Crippen LogP contribution in [0.25, 0.3) is 0 Å². The van der Waals surface area contributed by atoms with E-state index in [-0.39, 0.29) is 0 Å². The van der Waals surface area contributed by atoms with Crippen LogP contribution in [0.4, 0.5) is 0 Å². The molecule has 1 saturated carbocycles. The lowest BCUT2D eigenvalue weighted by Crippen LogP contribution is -2.13. The van der Waals surface area contributed by atoms with Crippen LogP contribution in [-0.2, 0) is 19.9 Å². The molecule has 0 aliphatic heterocycles. The van der Waals surface area contributed by atoms with Gasteiger partial charge in [-0.25, -0.2) is 0 Å². The molecule has 1 aromatic heterocycles. The molecule has 1 aromatic rings. The molecule has 17 heavy (non-hydrogen) atoms. The van der Waals surface area contributed by atoms with Gasteiger partial charge in [-0.3, -0.25) is 4.68 Å². The fraction of sp³-hybridized carbons (Fsp3) is 0.786. The Labute approximate surface area is 109 Å². The van der Waals surface area contributed by atoms with Crippen LogP contribution in [0.2, 0.25) is 0 Å². The number of hydrogen-bond acceptors (Lipinski definition) is 1. The van der Waals surface area contributed by atoms with E-state index in [1.165, 1.54) is 37.1 Å². The van der Waals surface area contributed by atoms with Gasteiger partial charge in [0, 0.05) is 18.1 Å². The highest BCUT2D eigenvalue weighted by Gasteiger charge is 2.23. The normalized spacial score (nSPS) is 18.8. The highest BCUT2D eigenvalue weighted by atomic mass is 35.5. The van der Waals surface area contributed by atoms with Crippen molar-refractivity contribution in [1.29, 1.82) is 0 Å². The van der Waals surface area contributed by atoms with Crippen LogP contribution >= 0.6 is 11.6 Å². The number of hydrogen-bond donors (Lipinski definition) is 0. The zero-order chi connectivity index (χ0) is 12.3. The van der Waals surface area contributed by atoms with Crippen molar-refractivity contribution in [2.75, 3.05) is 0 Å². The molecule has 1 atom stereocenters. The summed E-state index contributed by atoms with van der Waals surface area (Å²) in [7, 11) is 2.04. The highest BCUT2D eigenvalue weighted by molar-refractivity contribution is 6.20. The zero-order valence-corrected chi connectivity index (χ0v) is 11.7. The van der Waals surface area contributed by atoms with Crippen molar-refractivity contribution in [3.8, 4) is 0 Å². The summed E-state index contributed by atoms with van der Waals surface area (Å²) < 4.78 is 2.01. The molecule has 96 valence electrons. The van der Waals surface area contributed by atoms with Crippen molar-refractivity contribution in [3.63, 3.8) is 0 Å². The second-order valence-corrected chi connectivity index (χ2v) is 5.76. The molecule has 0 bridgehead atoms. The third-order valence-corrected chi connectivity index (χ3v) is 4.55. The minimum atomic E-state index is 0.359. The fourth-order valence-electron chi connectivity index (χ4n) is 2.82. The molecular formula is C14H23ClN2. The largest absolute Gasteiger partial charge is 0.272 e. The van der Waals surface area contributed by atoms with Gasteiger partial charge in [-0.1, -0.05) is 19.8 Å². The van der Waals surface area contributed by atoms with Crippen molar-refractivity contribution in [2.45, 2.75) is 57.2 Å². The van der Waals surface area contributed by atoms with E-state index in [2.05, 4.69) is 18.1 Å². The molecule has 1 aliphatic rings. The Morgan fingerprint density at radius 3 is 2.76 bits per heavy atom. The smallest absolute Gasteiger partial charge is 0.0624 e. The molecule has 0 amide bonds. The van der Waals surface area contributed by atoms with Gasteiger partial charge < -0.3 is 0 Å². The molecule has 2 nitrogen and oxygen atoms in total. The van der Waals surface area contributed by atoms with E-state index in [1.807, 2.05) is 11.7 Å². The second kappa shape index (κ2) is 5.90. The number of rotatable bonds is 5. The van der Waals surface area contributed by atoms with E-state index in [0.29, 0.717) is 5.38 Å². The average Bonchev–Trinajstić information content (AvgIpc) is 2.95. The van der Waals surface area contributed by atoms with Gasteiger partial charge in [0.1, 0.15) is 0 Å². The Kier molecular flexibility index (Phi) is 4.49. The molecule has 1 heterocycles. The van der Waals surface area contributed by atoms with Crippen molar-refractivity contribution >= 4 is 11.6 Å². The molecule has 1 fully saturated rings. The molecular weight excluding hydrogens is 232 g/mol. The second-order valence-electron chi connectivity index (χ2n) is 5.20. The van der Waals surface area contributed by atoms with Crippen molar-refractivity contribution in [2.24, 2.45) is 13.0 Å². The van der Waals surface area contributed by atoms with Crippen molar-refractivity contribution in [1.82, 2.24) is 9.78 Å². The first-order chi connectivity index (χ1) is 8.20. The summed E-state index contributed by atoms with van der Waals surface area (Å²) in [6, 6.07) is 2.22. The maximum Gasteiger partial charge on any atom is 0.0624 e. The molecule has 0 radical (unpaired) electrons. The summed E-state index contributed by atoms with van der Waals surface area (Å²) in [5.41, 5.74) is 2.51. The lowest BCUT2D eigenvalue weighted by atomic mass is 9.99. The lowest BCUT2D eigenvalue weighted by Gasteiger charge is -2.16. The number of nitrogens with zero attached hydrogens (tertiary/aromatic N) is 2. The maximum atomic E-state index is 6.50. The molecule has 0 spiro atoms. The van der Waals surface area contributed by atoms with Gasteiger partial charge >= 0.3 is 0 Å². The third-order valence-electron chi connectivity index (χ3n) is 3.98. The number of aromatic nitrogens is 2. The average molecular weight is 255 g/mol. The topological polar surface area (TPSA) is 17.8 Å². The Morgan fingerprint density at radius 2 is 2.18 bits per heavy atom. The molecule has 0 aromatic carbocycles. The summed E-state index contributed by atoms with van der Waals surface area (Å²) in [6.07, 6.45) is 8.59. The highest BCUT2D eigenvalue weighted by Crippen LogP contribution is 2.32. The van der Waals surface area contributed by atoms with Gasteiger partial charge in [-0.2, -0.15) is 5.10 Å². The SMILES string of the molecule is CCc1cc(CCC(Cl)C2CCCC2)n(C)n1. The van der Waals surface area contributed by atoms with E-state index in [0.717, 1.165) is 25.2 Å². The number of aryl methyl sites for hydroxylation is 3. The first kappa shape index (κ1) is 12.9. The maximum absolute atomic E-state index is 6.50. The Morgan fingerprint density at radius 1 is 1.47 bits per heavy atom. The standard InChI is InChI=1S/C14H23ClN2/c1-3-12-10-13(17(2)16-12)8-9-14(15)11-6-4-5-7-11/h10-11,14H,3-9H2,1-2H3. The Balaban J connectivity index is 1.85. The summed E-state index contributed by atoms with van der Waals surface area (Å²) in [5, 5.41) is 4.84. The predicted octanol–water partition coefficient (Wildman–Crippen LogP) is 3.71. The van der Waals surface area contributed by atoms with Crippen LogP contribution in [0.1, 0.15) is 50.4 Å². The lowest BCUT2D eigenvalue weighted by molar-refractivity contribution is 0.487. The van der Waals surface area contributed by atoms with Crippen LogP contribution in [0, 0.1) is 5.92 Å². The van der Waals surface area contributed by atoms with Crippen LogP contribution in [0.5, 0.6) is 0 Å². The Bertz CT molecular complexity index is 353. The van der Waals surface area contributed by atoms with Gasteiger partial charge in [0.25, 0.3) is 0 Å². The minimum absolute atomic E-state index is 0.359. The predicted molar refractivity (Wildman–Crippen MR) is 72.5 cm³/mol. The summed E-state index contributed by atoms with van der Waals surface area (Å²) in [6.45, 7) is 2.15. The zero-order valence-electron chi connectivity index (χ0n) is 11.0. The van der Waals surface area contributed by atoms with Crippen molar-refractivity contribution in [3.05, 3.63) is 17.5 Å². The van der Waals surface area contributed by atoms with E-state index < -0.39 is 0 Å². The first-order valence-electron chi connectivity index (χ1n) is 6.86. The number of alkyl halides is 1. The fourth-order valence-corrected chi connectivity index (χ4v) is 3.18. The molecule has 3 heteroatoms. The number of halogens is 1. The first-order valence-corrected chi connectivity index (χ1v) is 7.30. The van der Waals surface area contributed by atoms with Crippen LogP contribution in [-0.4, -0.2) is 15.2 Å². The molecule has 1 aliphatic carbocycles. The van der Waals surface area contributed by atoms with E-state index >= 15 is 0 Å². The van der Waals surface area contributed by atoms with Gasteiger partial charge in [0.05, 0.1) is 5.69 Å². The minimum Gasteiger partial charge on any atom is -0.272 e. The summed E-state index contributed by atoms with van der Waals surface area (Å²) in [5.74, 6) is 0.760. The molecule has 0 saturated heterocycles. The van der Waals surface area contributed by atoms with Gasteiger partial charge in [-0.15, -0.1) is 11.6 Å². The van der Waals surface area contributed by atoms with Crippen molar-refractivity contribution < 1.29 is 0 Å². The molecule has 1 unspecified atom stereocenters. The quantitative estimate of drug-likeness (QED) is 0.733.